The Morgan fingerprint density at radius 1 is 1.44 bits per heavy atom. The van der Waals surface area contributed by atoms with Gasteiger partial charge in [0.15, 0.2) is 0 Å². The van der Waals surface area contributed by atoms with Gasteiger partial charge in [0.05, 0.1) is 0 Å². The molecule has 2 rings (SSSR count). The molecule has 1 aliphatic rings. The Kier molecular flexibility index (Phi) is 4.78. The Morgan fingerprint density at radius 2 is 2.22 bits per heavy atom. The van der Waals surface area contributed by atoms with Crippen molar-refractivity contribution in [1.29, 1.82) is 0 Å². The molecule has 4 heteroatoms. The third kappa shape index (κ3) is 3.33. The number of aryl methyl sites for hydroxylation is 1. The van der Waals surface area contributed by atoms with Crippen LogP contribution in [-0.4, -0.2) is 30.4 Å². The molecule has 1 heterocycles. The van der Waals surface area contributed by atoms with Crippen LogP contribution in [0.5, 0.6) is 0 Å². The van der Waals surface area contributed by atoms with Gasteiger partial charge in [0, 0.05) is 24.0 Å². The summed E-state index contributed by atoms with van der Waals surface area (Å²) >= 11 is 3.51. The number of hydrogen-bond donors (Lipinski definition) is 1. The molecular weight excluding hydrogens is 292 g/mol. The van der Waals surface area contributed by atoms with E-state index < -0.39 is 0 Å². The minimum Gasteiger partial charge on any atom is -0.342 e. The number of amides is 1. The Labute approximate surface area is 116 Å². The van der Waals surface area contributed by atoms with Gasteiger partial charge in [0.1, 0.15) is 0 Å². The molecule has 1 saturated heterocycles. The number of nitrogens with zero attached hydrogens (tertiary/aromatic N) is 1. The molecule has 1 aliphatic heterocycles. The third-order valence-electron chi connectivity index (χ3n) is 3.54. The molecule has 1 fully saturated rings. The second-order valence-corrected chi connectivity index (χ2v) is 5.68. The highest BCUT2D eigenvalue weighted by Crippen LogP contribution is 2.20. The first kappa shape index (κ1) is 13.6. The van der Waals surface area contributed by atoms with Crippen LogP contribution in [0.25, 0.3) is 0 Å². The summed E-state index contributed by atoms with van der Waals surface area (Å²) in [6.45, 7) is 2.40. The molecule has 0 radical (unpaired) electrons. The van der Waals surface area contributed by atoms with E-state index in [9.17, 15) is 4.79 Å². The first-order valence-corrected chi connectivity index (χ1v) is 7.21. The van der Waals surface area contributed by atoms with Gasteiger partial charge < -0.3 is 10.6 Å². The average Bonchev–Trinajstić information content (AvgIpc) is 2.86. The Hall–Kier alpha value is -0.870. The summed E-state index contributed by atoms with van der Waals surface area (Å²) in [7, 11) is 0. The Balaban J connectivity index is 1.84. The van der Waals surface area contributed by atoms with Gasteiger partial charge in [0.25, 0.3) is 0 Å². The van der Waals surface area contributed by atoms with E-state index in [0.717, 1.165) is 30.4 Å². The van der Waals surface area contributed by atoms with E-state index in [0.29, 0.717) is 18.9 Å². The van der Waals surface area contributed by atoms with Gasteiger partial charge in [-0.2, -0.15) is 0 Å². The number of carbonyl (C=O) groups is 1. The van der Waals surface area contributed by atoms with Crippen molar-refractivity contribution in [2.24, 2.45) is 11.7 Å². The fourth-order valence-corrected chi connectivity index (χ4v) is 2.84. The maximum Gasteiger partial charge on any atom is 0.222 e. The second kappa shape index (κ2) is 6.34. The number of nitrogens with two attached hydrogens (primary N) is 1. The zero-order chi connectivity index (χ0) is 13.0. The molecule has 1 aromatic rings. The molecule has 0 aromatic heterocycles. The van der Waals surface area contributed by atoms with Gasteiger partial charge in [-0.15, -0.1) is 0 Å². The molecule has 0 bridgehead atoms. The second-order valence-electron chi connectivity index (χ2n) is 4.82. The van der Waals surface area contributed by atoms with Crippen LogP contribution in [0, 0.1) is 5.92 Å². The molecule has 2 N–H and O–H groups in total. The number of halogens is 1. The highest BCUT2D eigenvalue weighted by Gasteiger charge is 2.24. The first-order valence-electron chi connectivity index (χ1n) is 6.42. The van der Waals surface area contributed by atoms with Crippen LogP contribution in [0.1, 0.15) is 18.4 Å². The maximum atomic E-state index is 12.1. The van der Waals surface area contributed by atoms with Gasteiger partial charge >= 0.3 is 0 Å². The van der Waals surface area contributed by atoms with Crippen LogP contribution >= 0.6 is 15.9 Å². The molecule has 0 spiro atoms. The molecule has 98 valence electrons. The van der Waals surface area contributed by atoms with E-state index in [1.165, 1.54) is 5.56 Å². The van der Waals surface area contributed by atoms with Crippen molar-refractivity contribution >= 4 is 21.8 Å². The van der Waals surface area contributed by atoms with Gasteiger partial charge in [-0.05, 0) is 36.9 Å². The lowest BCUT2D eigenvalue weighted by Gasteiger charge is -2.16. The first-order chi connectivity index (χ1) is 8.70. The quantitative estimate of drug-likeness (QED) is 0.926. The molecule has 0 unspecified atom stereocenters. The van der Waals surface area contributed by atoms with Crippen molar-refractivity contribution < 1.29 is 4.79 Å². The molecule has 18 heavy (non-hydrogen) atoms. The van der Waals surface area contributed by atoms with Crippen molar-refractivity contribution in [3.63, 3.8) is 0 Å². The predicted molar refractivity (Wildman–Crippen MR) is 76.2 cm³/mol. The van der Waals surface area contributed by atoms with Crippen molar-refractivity contribution in [3.05, 3.63) is 34.3 Å². The largest absolute Gasteiger partial charge is 0.342 e. The topological polar surface area (TPSA) is 46.3 Å². The fourth-order valence-electron chi connectivity index (χ4n) is 2.35. The maximum absolute atomic E-state index is 12.1. The minimum absolute atomic E-state index is 0.252. The number of rotatable bonds is 4. The van der Waals surface area contributed by atoms with Crippen molar-refractivity contribution in [1.82, 2.24) is 4.90 Å². The van der Waals surface area contributed by atoms with Crippen LogP contribution in [0.4, 0.5) is 0 Å². The van der Waals surface area contributed by atoms with E-state index >= 15 is 0 Å². The molecule has 1 atom stereocenters. The normalized spacial score (nSPS) is 19.2. The zero-order valence-corrected chi connectivity index (χ0v) is 12.0. The fraction of sp³-hybridized carbons (Fsp3) is 0.500. The summed E-state index contributed by atoms with van der Waals surface area (Å²) in [4.78, 5) is 14.0. The third-order valence-corrected chi connectivity index (χ3v) is 4.31. The van der Waals surface area contributed by atoms with Crippen LogP contribution in [-0.2, 0) is 11.2 Å². The molecular formula is C14H19BrN2O. The van der Waals surface area contributed by atoms with Crippen LogP contribution in [0.2, 0.25) is 0 Å². The molecule has 0 saturated carbocycles. The molecule has 1 aromatic carbocycles. The molecule has 0 aliphatic carbocycles. The van der Waals surface area contributed by atoms with Crippen LogP contribution in [0.3, 0.4) is 0 Å². The van der Waals surface area contributed by atoms with E-state index in [-0.39, 0.29) is 5.91 Å². The highest BCUT2D eigenvalue weighted by atomic mass is 79.9. The summed E-state index contributed by atoms with van der Waals surface area (Å²) in [6.07, 6.45) is 2.43. The highest BCUT2D eigenvalue weighted by molar-refractivity contribution is 9.10. The summed E-state index contributed by atoms with van der Waals surface area (Å²) in [6, 6.07) is 8.07. The van der Waals surface area contributed by atoms with E-state index in [2.05, 4.69) is 22.0 Å². The lowest BCUT2D eigenvalue weighted by molar-refractivity contribution is -0.130. The van der Waals surface area contributed by atoms with E-state index in [1.54, 1.807) is 0 Å². The molecule has 3 nitrogen and oxygen atoms in total. The smallest absolute Gasteiger partial charge is 0.222 e. The minimum atomic E-state index is 0.252. The van der Waals surface area contributed by atoms with Gasteiger partial charge in [-0.1, -0.05) is 34.1 Å². The summed E-state index contributed by atoms with van der Waals surface area (Å²) < 4.78 is 1.08. The van der Waals surface area contributed by atoms with Gasteiger partial charge in [-0.25, -0.2) is 0 Å². The molecule has 1 amide bonds. The van der Waals surface area contributed by atoms with Gasteiger partial charge in [-0.3, -0.25) is 4.79 Å². The Morgan fingerprint density at radius 3 is 2.89 bits per heavy atom. The predicted octanol–water partition coefficient (Wildman–Crippen LogP) is 2.19. The van der Waals surface area contributed by atoms with Crippen LogP contribution < -0.4 is 5.73 Å². The van der Waals surface area contributed by atoms with Crippen molar-refractivity contribution in [2.45, 2.75) is 19.3 Å². The summed E-state index contributed by atoms with van der Waals surface area (Å²) in [5, 5.41) is 0. The number of benzene rings is 1. The van der Waals surface area contributed by atoms with Crippen LogP contribution in [0.15, 0.2) is 28.7 Å². The monoisotopic (exact) mass is 310 g/mol. The van der Waals surface area contributed by atoms with Gasteiger partial charge in [0.2, 0.25) is 5.91 Å². The average molecular weight is 311 g/mol. The number of likely N-dealkylation sites (tertiary alicyclic amines) is 1. The lowest BCUT2D eigenvalue weighted by Crippen LogP contribution is -2.30. The van der Waals surface area contributed by atoms with Crippen molar-refractivity contribution in [3.8, 4) is 0 Å². The standard InChI is InChI=1S/C14H19BrN2O/c15-13-4-2-1-3-12(13)5-6-14(18)17-8-7-11(9-16)10-17/h1-4,11H,5-10,16H2/t11-/m0/s1. The zero-order valence-electron chi connectivity index (χ0n) is 10.4. The van der Waals surface area contributed by atoms with E-state index in [4.69, 9.17) is 5.73 Å². The van der Waals surface area contributed by atoms with Crippen molar-refractivity contribution in [2.75, 3.05) is 19.6 Å². The summed E-state index contributed by atoms with van der Waals surface area (Å²) in [5.41, 5.74) is 6.83. The number of hydrogen-bond acceptors (Lipinski definition) is 2. The SMILES string of the molecule is NC[C@@H]1CCN(C(=O)CCc2ccccc2Br)C1. The van der Waals surface area contributed by atoms with E-state index in [1.807, 2.05) is 23.1 Å². The lowest BCUT2D eigenvalue weighted by atomic mass is 10.1. The Bertz CT molecular complexity index is 422. The summed E-state index contributed by atoms with van der Waals surface area (Å²) in [5.74, 6) is 0.749. The number of carbonyl (C=O) groups excluding carboxylic acids is 1.